The van der Waals surface area contributed by atoms with Crippen LogP contribution in [0.15, 0.2) is 41.9 Å². The quantitative estimate of drug-likeness (QED) is 0.407. The van der Waals surface area contributed by atoms with Gasteiger partial charge in [-0.3, -0.25) is 9.89 Å². The second kappa shape index (κ2) is 9.49. The first-order valence-electron chi connectivity index (χ1n) is 12.7. The first kappa shape index (κ1) is 24.0. The molecule has 0 radical (unpaired) electrons. The molecule has 1 unspecified atom stereocenters. The molecule has 13 heteroatoms. The van der Waals surface area contributed by atoms with Gasteiger partial charge in [-0.2, -0.15) is 5.10 Å². The van der Waals surface area contributed by atoms with Crippen LogP contribution in [0.4, 0.5) is 17.5 Å². The molecule has 0 saturated carbocycles. The van der Waals surface area contributed by atoms with Crippen LogP contribution in [0.3, 0.4) is 0 Å². The lowest BCUT2D eigenvalue weighted by Crippen LogP contribution is -2.42. The van der Waals surface area contributed by atoms with Gasteiger partial charge >= 0.3 is 0 Å². The molecule has 5 heterocycles. The Hall–Kier alpha value is -4.39. The largest absolute Gasteiger partial charge is 0.375 e. The van der Waals surface area contributed by atoms with E-state index in [0.29, 0.717) is 35.2 Å². The van der Waals surface area contributed by atoms with E-state index in [1.54, 1.807) is 11.0 Å². The number of allylic oxidation sites excluding steroid dienone is 1. The standard InChI is InChI=1S/C25H29N11O2/c1-5-17-12-35(8-9-38-17)21-11-20(26-13-27-21)23-18-10-16(6-7-19(18)29-30-23)28-24(37)22-14(2)34(4)25-31-32-33-36(25)15(22)3/h6-7,10-11,13,15,17H,5,8-9,12H2,1-4H3,(H,28,37)(H,29,30)/t15?,17-/m1/s1. The first-order valence-corrected chi connectivity index (χ1v) is 12.7. The number of anilines is 3. The fourth-order valence-corrected chi connectivity index (χ4v) is 5.08. The molecule has 1 saturated heterocycles. The van der Waals surface area contributed by atoms with Crippen molar-refractivity contribution in [3.05, 3.63) is 41.9 Å². The first-order chi connectivity index (χ1) is 18.4. The minimum Gasteiger partial charge on any atom is -0.375 e. The highest BCUT2D eigenvalue weighted by atomic mass is 16.5. The minimum absolute atomic E-state index is 0.192. The number of hydrogen-bond donors (Lipinski definition) is 2. The molecule has 2 aliphatic rings. The number of nitrogens with zero attached hydrogens (tertiary/aromatic N) is 9. The number of aromatic nitrogens is 8. The molecule has 0 aliphatic carbocycles. The van der Waals surface area contributed by atoms with E-state index < -0.39 is 0 Å². The van der Waals surface area contributed by atoms with Crippen LogP contribution in [0, 0.1) is 0 Å². The molecule has 0 spiro atoms. The monoisotopic (exact) mass is 515 g/mol. The Morgan fingerprint density at radius 1 is 1.26 bits per heavy atom. The number of tetrazole rings is 1. The van der Waals surface area contributed by atoms with Gasteiger partial charge in [0.2, 0.25) is 5.95 Å². The average Bonchev–Trinajstić information content (AvgIpc) is 3.60. The smallest absolute Gasteiger partial charge is 0.255 e. The molecule has 6 rings (SSSR count). The van der Waals surface area contributed by atoms with Crippen molar-refractivity contribution in [3.8, 4) is 11.4 Å². The molecule has 4 aromatic rings. The molecule has 1 fully saturated rings. The summed E-state index contributed by atoms with van der Waals surface area (Å²) in [6.45, 7) is 8.17. The summed E-state index contributed by atoms with van der Waals surface area (Å²) < 4.78 is 7.45. The summed E-state index contributed by atoms with van der Waals surface area (Å²) in [7, 11) is 1.84. The number of H-pyrrole nitrogens is 1. The third-order valence-electron chi connectivity index (χ3n) is 7.33. The Morgan fingerprint density at radius 3 is 2.97 bits per heavy atom. The fraction of sp³-hybridized carbons (Fsp3) is 0.400. The molecular weight excluding hydrogens is 486 g/mol. The third-order valence-corrected chi connectivity index (χ3v) is 7.33. The van der Waals surface area contributed by atoms with Crippen LogP contribution >= 0.6 is 0 Å². The Kier molecular flexibility index (Phi) is 5.98. The molecule has 13 nitrogen and oxygen atoms in total. The summed E-state index contributed by atoms with van der Waals surface area (Å²) in [5.41, 5.74) is 4.28. The number of fused-ring (bicyclic) bond motifs is 2. The van der Waals surface area contributed by atoms with Gasteiger partial charge in [-0.25, -0.2) is 14.6 Å². The summed E-state index contributed by atoms with van der Waals surface area (Å²) in [6, 6.07) is 7.30. The van der Waals surface area contributed by atoms with Gasteiger partial charge in [0.25, 0.3) is 5.91 Å². The third kappa shape index (κ3) is 4.04. The Balaban J connectivity index is 1.28. The predicted octanol–water partition coefficient (Wildman–Crippen LogP) is 2.55. The number of amides is 1. The molecule has 1 aromatic carbocycles. The molecule has 3 aromatic heterocycles. The molecule has 0 bridgehead atoms. The van der Waals surface area contributed by atoms with Crippen LogP contribution in [-0.4, -0.2) is 79.1 Å². The van der Waals surface area contributed by atoms with Gasteiger partial charge in [0.15, 0.2) is 0 Å². The highest BCUT2D eigenvalue weighted by Gasteiger charge is 2.32. The van der Waals surface area contributed by atoms with Gasteiger partial charge in [0.1, 0.15) is 17.8 Å². The van der Waals surface area contributed by atoms with Crippen molar-refractivity contribution in [2.24, 2.45) is 0 Å². The number of benzene rings is 1. The second-order valence-corrected chi connectivity index (χ2v) is 9.55. The lowest BCUT2D eigenvalue weighted by atomic mass is 10.0. The molecular formula is C25H29N11O2. The SMILES string of the molecule is CC[C@@H]1CN(c2cc(-c3n[nH]c4ccc(NC(=O)C5=C(C)N(C)c6nnnn6C5C)cc34)ncn2)CCO1. The van der Waals surface area contributed by atoms with Crippen LogP contribution in [-0.2, 0) is 9.53 Å². The number of ether oxygens (including phenoxy) is 1. The maximum Gasteiger partial charge on any atom is 0.255 e. The van der Waals surface area contributed by atoms with Crippen LogP contribution in [0.1, 0.15) is 33.2 Å². The van der Waals surface area contributed by atoms with E-state index in [1.165, 1.54) is 0 Å². The van der Waals surface area contributed by atoms with E-state index in [-0.39, 0.29) is 18.1 Å². The minimum atomic E-state index is -0.309. The molecule has 196 valence electrons. The van der Waals surface area contributed by atoms with Crippen molar-refractivity contribution in [1.82, 2.24) is 40.4 Å². The zero-order valence-corrected chi connectivity index (χ0v) is 21.7. The van der Waals surface area contributed by atoms with Gasteiger partial charge in [-0.15, -0.1) is 0 Å². The maximum atomic E-state index is 13.4. The summed E-state index contributed by atoms with van der Waals surface area (Å²) in [5, 5.41) is 23.4. The highest BCUT2D eigenvalue weighted by Crippen LogP contribution is 2.33. The van der Waals surface area contributed by atoms with Crippen LogP contribution in [0.2, 0.25) is 0 Å². The van der Waals surface area contributed by atoms with Crippen LogP contribution < -0.4 is 15.1 Å². The Labute approximate surface area is 218 Å². The number of morpholine rings is 1. The molecule has 2 atom stereocenters. The highest BCUT2D eigenvalue weighted by molar-refractivity contribution is 6.07. The van der Waals surface area contributed by atoms with Gasteiger partial charge in [0.05, 0.1) is 35.5 Å². The molecule has 1 amide bonds. The number of carbonyl (C=O) groups excluding carboxylic acids is 1. The molecule has 38 heavy (non-hydrogen) atoms. The fourth-order valence-electron chi connectivity index (χ4n) is 5.08. The van der Waals surface area contributed by atoms with Crippen molar-refractivity contribution < 1.29 is 9.53 Å². The summed E-state index contributed by atoms with van der Waals surface area (Å²) >= 11 is 0. The number of nitrogens with one attached hydrogen (secondary N) is 2. The van der Waals surface area contributed by atoms with Gasteiger partial charge in [-0.05, 0) is 48.9 Å². The number of hydrogen-bond acceptors (Lipinski definition) is 10. The van der Waals surface area contributed by atoms with E-state index in [2.05, 4.69) is 52.8 Å². The topological polar surface area (TPSA) is 143 Å². The van der Waals surface area contributed by atoms with Crippen molar-refractivity contribution >= 4 is 34.3 Å². The lowest BCUT2D eigenvalue weighted by molar-refractivity contribution is -0.113. The predicted molar refractivity (Wildman–Crippen MR) is 142 cm³/mol. The summed E-state index contributed by atoms with van der Waals surface area (Å²) in [5.74, 6) is 1.23. The lowest BCUT2D eigenvalue weighted by Gasteiger charge is -2.33. The van der Waals surface area contributed by atoms with Gasteiger partial charge < -0.3 is 19.9 Å². The Bertz CT molecular complexity index is 1540. The zero-order chi connectivity index (χ0) is 26.4. The summed E-state index contributed by atoms with van der Waals surface area (Å²) in [6.07, 6.45) is 2.71. The van der Waals surface area contributed by atoms with E-state index in [0.717, 1.165) is 41.9 Å². The van der Waals surface area contributed by atoms with E-state index >= 15 is 0 Å². The van der Waals surface area contributed by atoms with Crippen molar-refractivity contribution in [1.29, 1.82) is 0 Å². The zero-order valence-electron chi connectivity index (χ0n) is 21.7. The normalized spacial score (nSPS) is 19.7. The maximum absolute atomic E-state index is 13.4. The number of rotatable bonds is 5. The number of carbonyl (C=O) groups is 1. The van der Waals surface area contributed by atoms with Crippen molar-refractivity contribution in [2.75, 3.05) is 41.9 Å². The van der Waals surface area contributed by atoms with Crippen LogP contribution in [0.25, 0.3) is 22.3 Å². The molecule has 2 N–H and O–H groups in total. The summed E-state index contributed by atoms with van der Waals surface area (Å²) in [4.78, 5) is 26.5. The van der Waals surface area contributed by atoms with Crippen molar-refractivity contribution in [3.63, 3.8) is 0 Å². The van der Waals surface area contributed by atoms with E-state index in [4.69, 9.17) is 4.74 Å². The Morgan fingerprint density at radius 2 is 2.13 bits per heavy atom. The van der Waals surface area contributed by atoms with E-state index in [9.17, 15) is 4.79 Å². The van der Waals surface area contributed by atoms with Gasteiger partial charge in [-0.1, -0.05) is 12.0 Å². The number of aromatic amines is 1. The van der Waals surface area contributed by atoms with Crippen molar-refractivity contribution in [2.45, 2.75) is 39.3 Å². The molecule has 2 aliphatic heterocycles. The van der Waals surface area contributed by atoms with Crippen LogP contribution in [0.5, 0.6) is 0 Å². The van der Waals surface area contributed by atoms with E-state index in [1.807, 2.05) is 50.1 Å². The van der Waals surface area contributed by atoms with Gasteiger partial charge in [0, 0.05) is 43.0 Å². The second-order valence-electron chi connectivity index (χ2n) is 9.55. The average molecular weight is 516 g/mol.